The highest BCUT2D eigenvalue weighted by Crippen LogP contribution is 2.14. The lowest BCUT2D eigenvalue weighted by molar-refractivity contribution is 0.594. The van der Waals surface area contributed by atoms with Gasteiger partial charge in [0, 0.05) is 6.20 Å². The smallest absolute Gasteiger partial charge is 0.257 e. The van der Waals surface area contributed by atoms with Gasteiger partial charge in [0.05, 0.1) is 0 Å². The van der Waals surface area contributed by atoms with Crippen LogP contribution in [-0.2, 0) is 10.0 Å². The second kappa shape index (κ2) is 2.51. The third kappa shape index (κ3) is 1.27. The van der Waals surface area contributed by atoms with Crippen LogP contribution in [0.4, 0.5) is 0 Å². The molecule has 0 aromatic carbocycles. The Kier molecular flexibility index (Phi) is 1.57. The largest absolute Gasteiger partial charge is 0.264 e. The Bertz CT molecular complexity index is 545. The van der Waals surface area contributed by atoms with E-state index in [2.05, 4.69) is 15.2 Å². The van der Waals surface area contributed by atoms with Gasteiger partial charge in [0.25, 0.3) is 10.0 Å². The van der Waals surface area contributed by atoms with Crippen LogP contribution in [-0.4, -0.2) is 23.6 Å². The first kappa shape index (κ1) is 8.14. The van der Waals surface area contributed by atoms with Crippen molar-refractivity contribution < 1.29 is 8.42 Å². The van der Waals surface area contributed by atoms with Gasteiger partial charge in [0.15, 0.2) is 5.03 Å². The first-order valence-electron chi connectivity index (χ1n) is 3.41. The van der Waals surface area contributed by atoms with Gasteiger partial charge in [-0.05, 0) is 12.1 Å². The van der Waals surface area contributed by atoms with E-state index in [1.807, 2.05) is 0 Å². The average Bonchev–Trinajstić information content (AvgIpc) is 2.45. The molecule has 2 aromatic heterocycles. The summed E-state index contributed by atoms with van der Waals surface area (Å²) in [5.74, 6) is 0. The summed E-state index contributed by atoms with van der Waals surface area (Å²) in [4.78, 5) is 3.85. The van der Waals surface area contributed by atoms with Crippen LogP contribution in [0.1, 0.15) is 0 Å². The van der Waals surface area contributed by atoms with Gasteiger partial charge in [-0.3, -0.25) is 10.1 Å². The van der Waals surface area contributed by atoms with Gasteiger partial charge in [-0.1, -0.05) is 0 Å². The van der Waals surface area contributed by atoms with E-state index in [9.17, 15) is 8.42 Å². The summed E-state index contributed by atoms with van der Waals surface area (Å²) in [6, 6.07) is 3.31. The van der Waals surface area contributed by atoms with Crippen molar-refractivity contribution in [2.45, 2.75) is 5.03 Å². The number of primary sulfonamides is 1. The number of nitrogens with two attached hydrogens (primary N) is 1. The van der Waals surface area contributed by atoms with Crippen LogP contribution in [0.15, 0.2) is 23.4 Å². The Morgan fingerprint density at radius 1 is 1.46 bits per heavy atom. The first-order valence-corrected chi connectivity index (χ1v) is 4.95. The Morgan fingerprint density at radius 3 is 2.92 bits per heavy atom. The minimum absolute atomic E-state index is 0.150. The van der Waals surface area contributed by atoms with Crippen molar-refractivity contribution >= 4 is 21.1 Å². The molecule has 0 aliphatic rings. The lowest BCUT2D eigenvalue weighted by Gasteiger charge is -1.91. The molecule has 13 heavy (non-hydrogen) atoms. The Labute approximate surface area is 73.8 Å². The van der Waals surface area contributed by atoms with E-state index in [0.29, 0.717) is 5.52 Å². The van der Waals surface area contributed by atoms with Crippen molar-refractivity contribution in [2.24, 2.45) is 5.14 Å². The van der Waals surface area contributed by atoms with Crippen LogP contribution in [0.5, 0.6) is 0 Å². The highest BCUT2D eigenvalue weighted by Gasteiger charge is 2.15. The Balaban J connectivity index is 2.87. The van der Waals surface area contributed by atoms with Crippen LogP contribution >= 0.6 is 0 Å². The van der Waals surface area contributed by atoms with Crippen LogP contribution < -0.4 is 5.14 Å². The minimum Gasteiger partial charge on any atom is -0.264 e. The number of aromatic nitrogens is 3. The molecular formula is C6H6N4O2S. The van der Waals surface area contributed by atoms with Crippen LogP contribution in [0.3, 0.4) is 0 Å². The number of hydrogen-bond acceptors (Lipinski definition) is 4. The number of hydrogen-bond donors (Lipinski definition) is 2. The zero-order valence-corrected chi connectivity index (χ0v) is 7.25. The molecular weight excluding hydrogens is 192 g/mol. The molecule has 0 bridgehead atoms. The molecule has 0 amide bonds. The summed E-state index contributed by atoms with van der Waals surface area (Å²) in [5, 5.41) is 10.8. The first-order chi connectivity index (χ1) is 6.09. The molecule has 68 valence electrons. The molecule has 6 nitrogen and oxygen atoms in total. The summed E-state index contributed by atoms with van der Waals surface area (Å²) in [6.45, 7) is 0. The van der Waals surface area contributed by atoms with Crippen molar-refractivity contribution in [3.63, 3.8) is 0 Å². The number of nitrogens with zero attached hydrogens (tertiary/aromatic N) is 2. The standard InChI is InChI=1S/C6H6N4O2S/c7-13(11,12)6-5-4(9-10-6)2-1-3-8-5/h1-3H,(H,9,10)(H2,7,11,12). The number of rotatable bonds is 1. The van der Waals surface area contributed by atoms with E-state index in [0.717, 1.165) is 0 Å². The van der Waals surface area contributed by atoms with Gasteiger partial charge < -0.3 is 0 Å². The molecule has 3 N–H and O–H groups in total. The summed E-state index contributed by atoms with van der Waals surface area (Å²) >= 11 is 0. The van der Waals surface area contributed by atoms with E-state index in [1.165, 1.54) is 6.20 Å². The summed E-state index contributed by atoms with van der Waals surface area (Å²) in [7, 11) is -3.77. The summed E-state index contributed by atoms with van der Waals surface area (Å²) in [6.07, 6.45) is 1.48. The molecule has 0 spiro atoms. The molecule has 0 atom stereocenters. The number of aromatic amines is 1. The molecule has 0 radical (unpaired) electrons. The molecule has 2 aromatic rings. The van der Waals surface area contributed by atoms with Crippen molar-refractivity contribution in [1.29, 1.82) is 0 Å². The number of pyridine rings is 1. The minimum atomic E-state index is -3.77. The van der Waals surface area contributed by atoms with Crippen molar-refractivity contribution in [1.82, 2.24) is 15.2 Å². The number of fused-ring (bicyclic) bond motifs is 1. The van der Waals surface area contributed by atoms with Crippen LogP contribution in [0.25, 0.3) is 11.0 Å². The fourth-order valence-corrected chi connectivity index (χ4v) is 1.62. The Morgan fingerprint density at radius 2 is 2.23 bits per heavy atom. The highest BCUT2D eigenvalue weighted by atomic mass is 32.2. The average molecular weight is 198 g/mol. The zero-order chi connectivity index (χ0) is 9.47. The lowest BCUT2D eigenvalue weighted by Crippen LogP contribution is -2.13. The van der Waals surface area contributed by atoms with E-state index < -0.39 is 10.0 Å². The molecule has 0 unspecified atom stereocenters. The SMILES string of the molecule is NS(=O)(=O)c1[nH]nc2cccnc12. The molecule has 2 rings (SSSR count). The van der Waals surface area contributed by atoms with Crippen molar-refractivity contribution in [2.75, 3.05) is 0 Å². The molecule has 7 heteroatoms. The Hall–Kier alpha value is -1.47. The van der Waals surface area contributed by atoms with Gasteiger partial charge >= 0.3 is 0 Å². The van der Waals surface area contributed by atoms with Gasteiger partial charge in [-0.25, -0.2) is 13.6 Å². The van der Waals surface area contributed by atoms with E-state index in [1.54, 1.807) is 12.1 Å². The number of sulfonamides is 1. The third-order valence-corrected chi connectivity index (χ3v) is 2.42. The van der Waals surface area contributed by atoms with Gasteiger partial charge in [-0.2, -0.15) is 5.10 Å². The summed E-state index contributed by atoms with van der Waals surface area (Å²) < 4.78 is 21.9. The van der Waals surface area contributed by atoms with E-state index in [4.69, 9.17) is 5.14 Å². The highest BCUT2D eigenvalue weighted by molar-refractivity contribution is 7.89. The topological polar surface area (TPSA) is 102 Å². The van der Waals surface area contributed by atoms with Gasteiger partial charge in [0.1, 0.15) is 11.0 Å². The predicted molar refractivity (Wildman–Crippen MR) is 45.3 cm³/mol. The van der Waals surface area contributed by atoms with Crippen LogP contribution in [0.2, 0.25) is 0 Å². The quantitative estimate of drug-likeness (QED) is 0.651. The molecule has 0 saturated heterocycles. The fraction of sp³-hybridized carbons (Fsp3) is 0. The normalized spacial score (nSPS) is 12.1. The summed E-state index contributed by atoms with van der Waals surface area (Å²) in [5.41, 5.74) is 0.747. The fourth-order valence-electron chi connectivity index (χ4n) is 1.02. The molecule has 0 fully saturated rings. The van der Waals surface area contributed by atoms with E-state index >= 15 is 0 Å². The number of H-pyrrole nitrogens is 1. The van der Waals surface area contributed by atoms with Crippen LogP contribution in [0, 0.1) is 0 Å². The monoisotopic (exact) mass is 198 g/mol. The maximum atomic E-state index is 11.0. The molecule has 0 saturated carbocycles. The second-order valence-corrected chi connectivity index (χ2v) is 3.97. The molecule has 2 heterocycles. The molecule has 0 aliphatic heterocycles. The van der Waals surface area contributed by atoms with Crippen molar-refractivity contribution in [3.05, 3.63) is 18.3 Å². The van der Waals surface area contributed by atoms with E-state index in [-0.39, 0.29) is 10.5 Å². The number of nitrogens with one attached hydrogen (secondary N) is 1. The predicted octanol–water partition coefficient (Wildman–Crippen LogP) is -0.395. The maximum absolute atomic E-state index is 11.0. The molecule has 0 aliphatic carbocycles. The van der Waals surface area contributed by atoms with Gasteiger partial charge in [0.2, 0.25) is 0 Å². The third-order valence-electron chi connectivity index (χ3n) is 1.56. The lowest BCUT2D eigenvalue weighted by atomic mass is 10.4. The van der Waals surface area contributed by atoms with Gasteiger partial charge in [-0.15, -0.1) is 0 Å². The zero-order valence-electron chi connectivity index (χ0n) is 6.43. The van der Waals surface area contributed by atoms with Crippen molar-refractivity contribution in [3.8, 4) is 0 Å². The maximum Gasteiger partial charge on any atom is 0.257 e. The second-order valence-electron chi connectivity index (χ2n) is 2.47.